The number of hydrogen-bond acceptors (Lipinski definition) is 4. The summed E-state index contributed by atoms with van der Waals surface area (Å²) in [6, 6.07) is 8.30. The van der Waals surface area contributed by atoms with E-state index < -0.39 is 10.1 Å². The summed E-state index contributed by atoms with van der Waals surface area (Å²) in [6.45, 7) is 4.48. The molecule has 4 nitrogen and oxygen atoms in total. The van der Waals surface area contributed by atoms with Crippen molar-refractivity contribution in [2.45, 2.75) is 50.8 Å². The summed E-state index contributed by atoms with van der Waals surface area (Å²) in [5, 5.41) is 0. The van der Waals surface area contributed by atoms with E-state index in [0.717, 1.165) is 12.8 Å². The lowest BCUT2D eigenvalue weighted by Gasteiger charge is -2.11. The van der Waals surface area contributed by atoms with Crippen LogP contribution in [-0.2, 0) is 14.3 Å². The fourth-order valence-electron chi connectivity index (χ4n) is 1.86. The van der Waals surface area contributed by atoms with Gasteiger partial charge in [-0.2, -0.15) is 8.42 Å². The maximum Gasteiger partial charge on any atom is 0.296 e. The van der Waals surface area contributed by atoms with Crippen LogP contribution in [0.3, 0.4) is 0 Å². The number of benzene rings is 1. The molecule has 0 saturated carbocycles. The molecule has 0 amide bonds. The molecule has 1 rings (SSSR count). The molecule has 5 heteroatoms. The lowest BCUT2D eigenvalue weighted by Crippen LogP contribution is -2.12. The first-order valence-electron chi connectivity index (χ1n) is 7.00. The van der Waals surface area contributed by atoms with Crippen LogP contribution in [0.2, 0.25) is 0 Å². The SMILES string of the molecule is CCCCCCC(C)COS(=O)(=O)c1ccccc1.N. The van der Waals surface area contributed by atoms with E-state index in [4.69, 9.17) is 4.18 Å². The van der Waals surface area contributed by atoms with Crippen LogP contribution in [0, 0.1) is 5.92 Å². The first kappa shape index (κ1) is 19.1. The zero-order valence-electron chi connectivity index (χ0n) is 12.5. The van der Waals surface area contributed by atoms with E-state index in [1.54, 1.807) is 30.3 Å². The molecule has 0 aliphatic carbocycles. The molecule has 1 unspecified atom stereocenters. The minimum absolute atomic E-state index is 0. The molecule has 0 radical (unpaired) electrons. The lowest BCUT2D eigenvalue weighted by molar-refractivity contribution is 0.253. The lowest BCUT2D eigenvalue weighted by atomic mass is 10.0. The predicted molar refractivity (Wildman–Crippen MR) is 82.5 cm³/mol. The van der Waals surface area contributed by atoms with Gasteiger partial charge in [-0.1, -0.05) is 57.7 Å². The maximum absolute atomic E-state index is 11.9. The highest BCUT2D eigenvalue weighted by atomic mass is 32.2. The van der Waals surface area contributed by atoms with Gasteiger partial charge in [-0.25, -0.2) is 0 Å². The zero-order chi connectivity index (χ0) is 14.1. The highest BCUT2D eigenvalue weighted by Gasteiger charge is 2.15. The van der Waals surface area contributed by atoms with E-state index in [0.29, 0.717) is 0 Å². The average Bonchev–Trinajstić information content (AvgIpc) is 2.42. The van der Waals surface area contributed by atoms with Crippen molar-refractivity contribution in [1.82, 2.24) is 6.15 Å². The van der Waals surface area contributed by atoms with Gasteiger partial charge in [-0.15, -0.1) is 0 Å². The first-order chi connectivity index (χ1) is 9.06. The van der Waals surface area contributed by atoms with E-state index >= 15 is 0 Å². The van der Waals surface area contributed by atoms with Crippen molar-refractivity contribution in [1.29, 1.82) is 0 Å². The van der Waals surface area contributed by atoms with Gasteiger partial charge in [-0.3, -0.25) is 4.18 Å². The average molecular weight is 301 g/mol. The van der Waals surface area contributed by atoms with Gasteiger partial charge in [-0.05, 0) is 24.5 Å². The van der Waals surface area contributed by atoms with Crippen molar-refractivity contribution in [2.75, 3.05) is 6.61 Å². The Bertz CT molecular complexity index is 445. The standard InChI is InChI=1S/C15H24O3S.H3N/c1-3-4-5-7-10-14(2)13-18-19(16,17)15-11-8-6-9-12-15;/h6,8-9,11-12,14H,3-5,7,10,13H2,1-2H3;1H3. The highest BCUT2D eigenvalue weighted by Crippen LogP contribution is 2.15. The normalized spacial score (nSPS) is 12.7. The Balaban J connectivity index is 0.00000361. The number of unbranched alkanes of at least 4 members (excludes halogenated alkanes) is 3. The minimum atomic E-state index is -3.59. The van der Waals surface area contributed by atoms with Crippen LogP contribution in [-0.4, -0.2) is 15.0 Å². The molecule has 3 N–H and O–H groups in total. The summed E-state index contributed by atoms with van der Waals surface area (Å²) in [5.74, 6) is 0.273. The minimum Gasteiger partial charge on any atom is -0.344 e. The summed E-state index contributed by atoms with van der Waals surface area (Å²) in [4.78, 5) is 0.230. The van der Waals surface area contributed by atoms with Crippen molar-refractivity contribution in [3.8, 4) is 0 Å². The Morgan fingerprint density at radius 1 is 1.10 bits per heavy atom. The summed E-state index contributed by atoms with van der Waals surface area (Å²) < 4.78 is 28.9. The molecule has 0 aliphatic rings. The molecule has 0 aliphatic heterocycles. The van der Waals surface area contributed by atoms with Crippen LogP contribution in [0.5, 0.6) is 0 Å². The molecule has 1 aromatic carbocycles. The van der Waals surface area contributed by atoms with E-state index in [1.165, 1.54) is 19.3 Å². The third-order valence-corrected chi connectivity index (χ3v) is 4.39. The van der Waals surface area contributed by atoms with Gasteiger partial charge < -0.3 is 6.15 Å². The third-order valence-electron chi connectivity index (χ3n) is 3.09. The van der Waals surface area contributed by atoms with Crippen molar-refractivity contribution >= 4 is 10.1 Å². The van der Waals surface area contributed by atoms with Gasteiger partial charge in [0.25, 0.3) is 10.1 Å². The Hall–Kier alpha value is -0.910. The zero-order valence-corrected chi connectivity index (χ0v) is 13.4. The van der Waals surface area contributed by atoms with Gasteiger partial charge in [0.05, 0.1) is 11.5 Å². The molecule has 1 atom stereocenters. The van der Waals surface area contributed by atoms with E-state index in [1.807, 2.05) is 6.92 Å². The molecular weight excluding hydrogens is 274 g/mol. The smallest absolute Gasteiger partial charge is 0.296 e. The van der Waals surface area contributed by atoms with Crippen molar-refractivity contribution in [3.05, 3.63) is 30.3 Å². The highest BCUT2D eigenvalue weighted by molar-refractivity contribution is 7.86. The Morgan fingerprint density at radius 2 is 1.75 bits per heavy atom. The first-order valence-corrected chi connectivity index (χ1v) is 8.41. The summed E-state index contributed by atoms with van der Waals surface area (Å²) in [7, 11) is -3.59. The summed E-state index contributed by atoms with van der Waals surface area (Å²) in [6.07, 6.45) is 5.84. The molecule has 20 heavy (non-hydrogen) atoms. The molecule has 0 saturated heterocycles. The van der Waals surface area contributed by atoms with Crippen LogP contribution in [0.4, 0.5) is 0 Å². The van der Waals surface area contributed by atoms with Crippen LogP contribution < -0.4 is 6.15 Å². The molecular formula is C15H27NO3S. The maximum atomic E-state index is 11.9. The molecule has 1 aromatic rings. The molecule has 0 spiro atoms. The van der Waals surface area contributed by atoms with Gasteiger partial charge >= 0.3 is 0 Å². The van der Waals surface area contributed by atoms with Gasteiger partial charge in [0, 0.05) is 0 Å². The Morgan fingerprint density at radius 3 is 2.35 bits per heavy atom. The van der Waals surface area contributed by atoms with Gasteiger partial charge in [0.1, 0.15) is 0 Å². The van der Waals surface area contributed by atoms with Crippen molar-refractivity contribution < 1.29 is 12.6 Å². The van der Waals surface area contributed by atoms with Crippen LogP contribution in [0.15, 0.2) is 35.2 Å². The van der Waals surface area contributed by atoms with Crippen molar-refractivity contribution in [3.63, 3.8) is 0 Å². The van der Waals surface area contributed by atoms with E-state index in [-0.39, 0.29) is 23.6 Å². The van der Waals surface area contributed by atoms with E-state index in [2.05, 4.69) is 6.92 Å². The second kappa shape index (κ2) is 9.91. The van der Waals surface area contributed by atoms with Crippen LogP contribution >= 0.6 is 0 Å². The summed E-state index contributed by atoms with van der Waals surface area (Å²) >= 11 is 0. The second-order valence-corrected chi connectivity index (χ2v) is 6.62. The monoisotopic (exact) mass is 301 g/mol. The second-order valence-electron chi connectivity index (χ2n) is 5.01. The van der Waals surface area contributed by atoms with Gasteiger partial charge in [0.15, 0.2) is 0 Å². The largest absolute Gasteiger partial charge is 0.344 e. The predicted octanol–water partition coefficient (Wildman–Crippen LogP) is 4.16. The third kappa shape index (κ3) is 7.03. The van der Waals surface area contributed by atoms with Crippen LogP contribution in [0.25, 0.3) is 0 Å². The number of rotatable bonds is 9. The van der Waals surface area contributed by atoms with Gasteiger partial charge in [0.2, 0.25) is 0 Å². The molecule has 0 fully saturated rings. The fourth-order valence-corrected chi connectivity index (χ4v) is 2.90. The van der Waals surface area contributed by atoms with E-state index in [9.17, 15) is 8.42 Å². The number of hydrogen-bond donors (Lipinski definition) is 1. The van der Waals surface area contributed by atoms with Crippen LogP contribution in [0.1, 0.15) is 46.0 Å². The summed E-state index contributed by atoms with van der Waals surface area (Å²) in [5.41, 5.74) is 0. The molecule has 0 aromatic heterocycles. The molecule has 0 heterocycles. The topological polar surface area (TPSA) is 78.4 Å². The van der Waals surface area contributed by atoms with Crippen molar-refractivity contribution in [2.24, 2.45) is 5.92 Å². The quantitative estimate of drug-likeness (QED) is 0.548. The Kier molecular flexibility index (Phi) is 9.46. The molecule has 116 valence electrons. The Labute approximate surface area is 123 Å². The fraction of sp³-hybridized carbons (Fsp3) is 0.600. The molecule has 0 bridgehead atoms.